The molecule has 0 unspecified atom stereocenters. The van der Waals surface area contributed by atoms with Gasteiger partial charge >= 0.3 is 0 Å². The molecule has 2 aliphatic heterocycles. The van der Waals surface area contributed by atoms with E-state index < -0.39 is 105 Å². The van der Waals surface area contributed by atoms with Crippen molar-refractivity contribution in [2.45, 2.75) is 55.1 Å². The zero-order valence-electron chi connectivity index (χ0n) is 30.1. The van der Waals surface area contributed by atoms with Crippen LogP contribution in [0.5, 0.6) is 0 Å². The van der Waals surface area contributed by atoms with Gasteiger partial charge in [0.25, 0.3) is 20.9 Å². The summed E-state index contributed by atoms with van der Waals surface area (Å²) in [6, 6.07) is 7.03. The second-order valence-electron chi connectivity index (χ2n) is 12.8. The van der Waals surface area contributed by atoms with Gasteiger partial charge in [-0.1, -0.05) is 7.43 Å². The maximum Gasteiger partial charge on any atom is 0.264 e. The lowest BCUT2D eigenvalue weighted by Crippen LogP contribution is -2.40. The van der Waals surface area contributed by atoms with Crippen LogP contribution in [0.2, 0.25) is 0 Å². The number of hydrogen-bond donors (Lipinski definition) is 5. The molecular weight excluding hydrogens is 880 g/mol. The Balaban J connectivity index is 0.000000276. The van der Waals surface area contributed by atoms with Crippen molar-refractivity contribution in [3.05, 3.63) is 118 Å². The lowest BCUT2D eigenvalue weighted by Gasteiger charge is -2.28. The largest absolute Gasteiger partial charge is 0.393 e. The zero-order chi connectivity index (χ0) is 43.8. The van der Waals surface area contributed by atoms with Gasteiger partial charge in [0.15, 0.2) is 34.9 Å². The number of aliphatic hydroxyl groups is 2. The second kappa shape index (κ2) is 21.2. The van der Waals surface area contributed by atoms with E-state index in [1.807, 2.05) is 5.32 Å². The van der Waals surface area contributed by atoms with Crippen LogP contribution in [0.15, 0.2) is 70.5 Å². The molecule has 2 heterocycles. The Labute approximate surface area is 343 Å². The Morgan fingerprint density at radius 2 is 0.967 bits per heavy atom. The summed E-state index contributed by atoms with van der Waals surface area (Å²) in [5.74, 6) is -13.7. The average Bonchev–Trinajstić information content (AvgIpc) is 3.16. The third-order valence-electron chi connectivity index (χ3n) is 8.48. The van der Waals surface area contributed by atoms with E-state index in [0.29, 0.717) is 36.4 Å². The third kappa shape index (κ3) is 13.1. The van der Waals surface area contributed by atoms with Crippen LogP contribution in [-0.2, 0) is 19.1 Å². The number of carbonyl (C=O) groups excluding carboxylic acids is 2. The number of nitrogens with one attached hydrogen (secondary N) is 3. The lowest BCUT2D eigenvalue weighted by atomic mass is 10.1. The molecule has 5 N–H and O–H groups in total. The van der Waals surface area contributed by atoms with Gasteiger partial charge in [-0.05, 0) is 75.2 Å². The quantitative estimate of drug-likeness (QED) is 0.0793. The predicted molar refractivity (Wildman–Crippen MR) is 203 cm³/mol. The molecule has 0 atom stereocenters. The third-order valence-corrected chi connectivity index (χ3v) is 11.7. The fourth-order valence-electron chi connectivity index (χ4n) is 5.36. The fraction of sp³-hybridized carbons (Fsp3) is 0.297. The summed E-state index contributed by atoms with van der Waals surface area (Å²) in [5.41, 5.74) is -1.43. The molecule has 23 heteroatoms. The van der Waals surface area contributed by atoms with Gasteiger partial charge in [-0.2, -0.15) is 4.31 Å². The highest BCUT2D eigenvalue weighted by Crippen LogP contribution is 2.26. The molecule has 0 spiro atoms. The normalized spacial score (nSPS) is 15.1. The molecule has 2 fully saturated rings. The Morgan fingerprint density at radius 3 is 1.33 bits per heavy atom. The van der Waals surface area contributed by atoms with Crippen LogP contribution in [0, 0.1) is 46.5 Å². The Bertz CT molecular complexity index is 2370. The molecule has 6 rings (SSSR count). The van der Waals surface area contributed by atoms with E-state index in [0.717, 1.165) is 54.5 Å². The summed E-state index contributed by atoms with van der Waals surface area (Å²) in [4.78, 5) is 22.6. The first kappa shape index (κ1) is 49.7. The highest BCUT2D eigenvalue weighted by atomic mass is 35.7. The maximum absolute atomic E-state index is 14.2. The molecule has 2 aliphatic rings. The maximum atomic E-state index is 14.2. The Kier molecular flexibility index (Phi) is 17.5. The summed E-state index contributed by atoms with van der Waals surface area (Å²) in [7, 11) is -3.68. The molecule has 4 aromatic rings. The number of nitrogens with zero attached hydrogens (tertiary/aromatic N) is 1. The van der Waals surface area contributed by atoms with Crippen molar-refractivity contribution < 1.29 is 71.8 Å². The first-order valence-corrected chi connectivity index (χ1v) is 20.9. The summed E-state index contributed by atoms with van der Waals surface area (Å²) in [6.07, 6.45) is 1.59. The van der Waals surface area contributed by atoms with E-state index in [1.54, 1.807) is 0 Å². The number of aliphatic hydroxyl groups excluding tert-OH is 2. The number of hydrogen-bond acceptors (Lipinski definition) is 9. The van der Waals surface area contributed by atoms with E-state index in [2.05, 4.69) is 10.6 Å². The van der Waals surface area contributed by atoms with Crippen molar-refractivity contribution in [2.24, 2.45) is 0 Å². The number of anilines is 2. The summed E-state index contributed by atoms with van der Waals surface area (Å²) < 4.78 is 155. The molecule has 0 aromatic heterocycles. The number of benzene rings is 4. The second-order valence-corrected chi connectivity index (χ2v) is 17.2. The first-order chi connectivity index (χ1) is 27.6. The minimum Gasteiger partial charge on any atom is -0.393 e. The van der Waals surface area contributed by atoms with Crippen molar-refractivity contribution in [1.29, 1.82) is 0 Å². The smallest absolute Gasteiger partial charge is 0.264 e. The predicted octanol–water partition coefficient (Wildman–Crippen LogP) is 6.43. The van der Waals surface area contributed by atoms with Crippen molar-refractivity contribution in [3.8, 4) is 0 Å². The van der Waals surface area contributed by atoms with Crippen molar-refractivity contribution in [1.82, 2.24) is 9.62 Å². The number of rotatable bonds is 7. The minimum absolute atomic E-state index is 0. The van der Waals surface area contributed by atoms with E-state index in [4.69, 9.17) is 15.8 Å². The Morgan fingerprint density at radius 1 is 0.600 bits per heavy atom. The van der Waals surface area contributed by atoms with Crippen molar-refractivity contribution in [2.75, 3.05) is 36.8 Å². The molecule has 2 saturated heterocycles. The lowest BCUT2D eigenvalue weighted by molar-refractivity contribution is 0.101. The molecule has 328 valence electrons. The van der Waals surface area contributed by atoms with Gasteiger partial charge in [-0.15, -0.1) is 0 Å². The molecular formula is C37H37ClF8N4O8S2. The monoisotopic (exact) mass is 916 g/mol. The van der Waals surface area contributed by atoms with Gasteiger partial charge in [-0.25, -0.2) is 52.0 Å². The van der Waals surface area contributed by atoms with Crippen LogP contribution in [0.25, 0.3) is 0 Å². The van der Waals surface area contributed by atoms with Crippen LogP contribution in [0.1, 0.15) is 53.8 Å². The summed E-state index contributed by atoms with van der Waals surface area (Å²) in [5, 5.41) is 25.7. The molecule has 0 saturated carbocycles. The summed E-state index contributed by atoms with van der Waals surface area (Å²) in [6.45, 7) is 1.96. The van der Waals surface area contributed by atoms with Crippen LogP contribution < -0.4 is 16.0 Å². The fourth-order valence-corrected chi connectivity index (χ4v) is 7.85. The Hall–Kier alpha value is -4.71. The molecule has 0 bridgehead atoms. The molecule has 0 aliphatic carbocycles. The number of sulfonamides is 1. The molecule has 4 aromatic carbocycles. The van der Waals surface area contributed by atoms with Crippen molar-refractivity contribution >= 4 is 52.9 Å². The van der Waals surface area contributed by atoms with Gasteiger partial charge in [0.2, 0.25) is 10.0 Å². The molecule has 0 radical (unpaired) electrons. The highest BCUT2D eigenvalue weighted by molar-refractivity contribution is 8.13. The highest BCUT2D eigenvalue weighted by Gasteiger charge is 2.31. The van der Waals surface area contributed by atoms with E-state index in [1.165, 1.54) is 0 Å². The van der Waals surface area contributed by atoms with Gasteiger partial charge < -0.3 is 26.2 Å². The number of piperidine rings is 2. The summed E-state index contributed by atoms with van der Waals surface area (Å²) >= 11 is 0. The standard InChI is InChI=1S/C18H16F4N2O4S.C13H6ClF4NO3S.C5H11NO.CH4/c19-13-2-1-10(18(26)23-11-8-14(20)17(22)15(21)9-11)7-16(13)29(27,28)24-5-3-12(25)4-6-24;14-23(21,22)11-3-6(1-2-8(11)15)13(20)19-7-4-9(16)12(18)10(17)5-7;7-5-1-3-6-4-2-5;/h1-2,7-9,12,25H,3-6H2,(H,23,26);1-5H,(H,19,20);5-7H,1-4H2;1H4. The van der Waals surface area contributed by atoms with E-state index >= 15 is 0 Å². The van der Waals surface area contributed by atoms with Crippen LogP contribution in [0.4, 0.5) is 46.5 Å². The van der Waals surface area contributed by atoms with Crippen LogP contribution in [0.3, 0.4) is 0 Å². The van der Waals surface area contributed by atoms with E-state index in [9.17, 15) is 66.7 Å². The number of carbonyl (C=O) groups is 2. The molecule has 2 amide bonds. The number of amides is 2. The van der Waals surface area contributed by atoms with Gasteiger partial charge in [0, 0.05) is 70.5 Å². The van der Waals surface area contributed by atoms with Gasteiger partial charge in [0.1, 0.15) is 21.4 Å². The minimum atomic E-state index is -4.43. The van der Waals surface area contributed by atoms with E-state index in [-0.39, 0.29) is 50.6 Å². The zero-order valence-corrected chi connectivity index (χ0v) is 32.5. The first-order valence-electron chi connectivity index (χ1n) is 17.1. The van der Waals surface area contributed by atoms with Gasteiger partial charge in [-0.3, -0.25) is 9.59 Å². The molecule has 60 heavy (non-hydrogen) atoms. The molecule has 12 nitrogen and oxygen atoms in total. The van der Waals surface area contributed by atoms with Crippen LogP contribution >= 0.6 is 10.7 Å². The van der Waals surface area contributed by atoms with Crippen molar-refractivity contribution in [3.63, 3.8) is 0 Å². The SMILES string of the molecule is C.O=C(Nc1cc(F)c(F)c(F)c1)c1ccc(F)c(S(=O)(=O)Cl)c1.O=C(Nc1cc(F)c(F)c(F)c1)c1ccc(F)c(S(=O)(=O)N2CCC(O)CC2)c1.OC1CCNCC1. The average molecular weight is 917 g/mol. The van der Waals surface area contributed by atoms with Gasteiger partial charge in [0.05, 0.1) is 12.2 Å². The van der Waals surface area contributed by atoms with Crippen LogP contribution in [-0.4, -0.2) is 81.6 Å². The number of halogens is 9. The topological polar surface area (TPSA) is 182 Å².